The first-order chi connectivity index (χ1) is 8.24. The lowest BCUT2D eigenvalue weighted by molar-refractivity contribution is 0.662. The Kier molecular flexibility index (Phi) is 4.25. The number of rotatable bonds is 4. The molecular formula is C10H11Br2N5. The van der Waals surface area contributed by atoms with Crippen molar-refractivity contribution in [2.75, 3.05) is 6.54 Å². The fourth-order valence-electron chi connectivity index (χ4n) is 1.42. The minimum Gasteiger partial charge on any atom is -0.310 e. The molecule has 1 aromatic carbocycles. The van der Waals surface area contributed by atoms with Gasteiger partial charge in [-0.3, -0.25) is 0 Å². The Morgan fingerprint density at radius 1 is 1.29 bits per heavy atom. The van der Waals surface area contributed by atoms with Crippen LogP contribution in [0.1, 0.15) is 12.7 Å². The zero-order chi connectivity index (χ0) is 12.3. The van der Waals surface area contributed by atoms with Gasteiger partial charge < -0.3 is 5.32 Å². The molecule has 1 heterocycles. The summed E-state index contributed by atoms with van der Waals surface area (Å²) in [5.74, 6) is 0.777. The summed E-state index contributed by atoms with van der Waals surface area (Å²) in [5, 5.41) is 14.9. The van der Waals surface area contributed by atoms with Crippen molar-refractivity contribution < 1.29 is 0 Å². The maximum absolute atomic E-state index is 4.02. The summed E-state index contributed by atoms with van der Waals surface area (Å²) in [4.78, 5) is 0. The first-order valence-corrected chi connectivity index (χ1v) is 6.75. The van der Waals surface area contributed by atoms with Crippen molar-refractivity contribution in [2.24, 2.45) is 0 Å². The number of hydrogen-bond acceptors (Lipinski definition) is 4. The smallest absolute Gasteiger partial charge is 0.170 e. The Balaban J connectivity index is 2.43. The summed E-state index contributed by atoms with van der Waals surface area (Å²) in [6.45, 7) is 3.56. The Morgan fingerprint density at radius 2 is 2.00 bits per heavy atom. The minimum atomic E-state index is 0.636. The number of hydrogen-bond donors (Lipinski definition) is 1. The Bertz CT molecular complexity index is 491. The van der Waals surface area contributed by atoms with E-state index in [1.165, 1.54) is 0 Å². The summed E-state index contributed by atoms with van der Waals surface area (Å²) in [6.07, 6.45) is 0. The third-order valence-electron chi connectivity index (χ3n) is 2.22. The maximum Gasteiger partial charge on any atom is 0.170 e. The molecule has 0 unspecified atom stereocenters. The molecule has 0 aliphatic heterocycles. The van der Waals surface area contributed by atoms with E-state index < -0.39 is 0 Å². The molecule has 0 bridgehead atoms. The highest BCUT2D eigenvalue weighted by molar-refractivity contribution is 9.11. The SMILES string of the molecule is CCNCc1nnnn1-c1c(Br)cccc1Br. The Hall–Kier alpha value is -0.790. The topological polar surface area (TPSA) is 55.6 Å². The molecule has 0 atom stereocenters. The van der Waals surface area contributed by atoms with Crippen LogP contribution in [-0.4, -0.2) is 26.8 Å². The van der Waals surface area contributed by atoms with Gasteiger partial charge in [0.25, 0.3) is 0 Å². The highest BCUT2D eigenvalue weighted by atomic mass is 79.9. The minimum absolute atomic E-state index is 0.636. The number of nitrogens with one attached hydrogen (secondary N) is 1. The largest absolute Gasteiger partial charge is 0.310 e. The van der Waals surface area contributed by atoms with Gasteiger partial charge in [0.1, 0.15) is 0 Å². The van der Waals surface area contributed by atoms with E-state index in [1.54, 1.807) is 4.68 Å². The molecule has 1 N–H and O–H groups in total. The summed E-state index contributed by atoms with van der Waals surface area (Å²) in [5.41, 5.74) is 0.908. The van der Waals surface area contributed by atoms with E-state index in [2.05, 4.69) is 52.7 Å². The fraction of sp³-hybridized carbons (Fsp3) is 0.300. The van der Waals surface area contributed by atoms with Gasteiger partial charge in [0, 0.05) is 8.95 Å². The van der Waals surface area contributed by atoms with E-state index in [9.17, 15) is 0 Å². The third kappa shape index (κ3) is 2.72. The van der Waals surface area contributed by atoms with E-state index in [0.29, 0.717) is 6.54 Å². The number of nitrogens with zero attached hydrogens (tertiary/aromatic N) is 4. The molecule has 90 valence electrons. The lowest BCUT2D eigenvalue weighted by atomic mass is 10.3. The summed E-state index contributed by atoms with van der Waals surface area (Å²) in [7, 11) is 0. The van der Waals surface area contributed by atoms with Crippen LogP contribution in [0.5, 0.6) is 0 Å². The Labute approximate surface area is 116 Å². The molecule has 5 nitrogen and oxygen atoms in total. The van der Waals surface area contributed by atoms with Gasteiger partial charge in [-0.05, 0) is 61.0 Å². The monoisotopic (exact) mass is 359 g/mol. The van der Waals surface area contributed by atoms with Crippen molar-refractivity contribution in [1.82, 2.24) is 25.5 Å². The highest BCUT2D eigenvalue weighted by Gasteiger charge is 2.13. The second-order valence-corrected chi connectivity index (χ2v) is 5.07. The van der Waals surface area contributed by atoms with Gasteiger partial charge in [0.2, 0.25) is 0 Å². The standard InChI is InChI=1S/C10H11Br2N5/c1-2-13-6-9-14-15-16-17(9)10-7(11)4-3-5-8(10)12/h3-5,13H,2,6H2,1H3. The van der Waals surface area contributed by atoms with Crippen LogP contribution in [0.4, 0.5) is 0 Å². The average molecular weight is 361 g/mol. The van der Waals surface area contributed by atoms with E-state index in [4.69, 9.17) is 0 Å². The van der Waals surface area contributed by atoms with E-state index >= 15 is 0 Å². The normalized spacial score (nSPS) is 10.8. The van der Waals surface area contributed by atoms with Crippen LogP contribution in [0.3, 0.4) is 0 Å². The van der Waals surface area contributed by atoms with Gasteiger partial charge >= 0.3 is 0 Å². The number of para-hydroxylation sites is 1. The van der Waals surface area contributed by atoms with Gasteiger partial charge in [-0.2, -0.15) is 4.68 Å². The molecular weight excluding hydrogens is 350 g/mol. The molecule has 0 aliphatic rings. The number of benzene rings is 1. The molecule has 0 amide bonds. The zero-order valence-corrected chi connectivity index (χ0v) is 12.4. The van der Waals surface area contributed by atoms with Crippen molar-refractivity contribution in [3.05, 3.63) is 33.0 Å². The fourth-order valence-corrected chi connectivity index (χ4v) is 2.75. The summed E-state index contributed by atoms with van der Waals surface area (Å²) < 4.78 is 3.60. The number of aromatic nitrogens is 4. The van der Waals surface area contributed by atoms with E-state index in [1.807, 2.05) is 25.1 Å². The Morgan fingerprint density at radius 3 is 2.65 bits per heavy atom. The van der Waals surface area contributed by atoms with Crippen molar-refractivity contribution >= 4 is 31.9 Å². The highest BCUT2D eigenvalue weighted by Crippen LogP contribution is 2.28. The molecule has 2 aromatic rings. The van der Waals surface area contributed by atoms with E-state index in [0.717, 1.165) is 27.0 Å². The molecule has 0 spiro atoms. The van der Waals surface area contributed by atoms with Crippen LogP contribution in [0.25, 0.3) is 5.69 Å². The van der Waals surface area contributed by atoms with Crippen LogP contribution in [0.15, 0.2) is 27.1 Å². The second-order valence-electron chi connectivity index (χ2n) is 3.36. The quantitative estimate of drug-likeness (QED) is 0.908. The van der Waals surface area contributed by atoms with Gasteiger partial charge in [-0.15, -0.1) is 5.10 Å². The van der Waals surface area contributed by atoms with Crippen molar-refractivity contribution in [1.29, 1.82) is 0 Å². The first-order valence-electron chi connectivity index (χ1n) is 5.16. The summed E-state index contributed by atoms with van der Waals surface area (Å²) in [6, 6.07) is 5.86. The lowest BCUT2D eigenvalue weighted by Crippen LogP contribution is -2.16. The van der Waals surface area contributed by atoms with Gasteiger partial charge in [-0.1, -0.05) is 13.0 Å². The maximum atomic E-state index is 4.02. The predicted molar refractivity (Wildman–Crippen MR) is 71.9 cm³/mol. The van der Waals surface area contributed by atoms with Crippen LogP contribution >= 0.6 is 31.9 Å². The zero-order valence-electron chi connectivity index (χ0n) is 9.19. The van der Waals surface area contributed by atoms with E-state index in [-0.39, 0.29) is 0 Å². The van der Waals surface area contributed by atoms with Crippen molar-refractivity contribution in [3.8, 4) is 5.69 Å². The average Bonchev–Trinajstić information content (AvgIpc) is 2.74. The molecule has 17 heavy (non-hydrogen) atoms. The molecule has 0 aliphatic carbocycles. The molecule has 7 heteroatoms. The van der Waals surface area contributed by atoms with Crippen molar-refractivity contribution in [2.45, 2.75) is 13.5 Å². The number of tetrazole rings is 1. The molecule has 0 fully saturated rings. The van der Waals surface area contributed by atoms with Crippen LogP contribution < -0.4 is 5.32 Å². The molecule has 0 radical (unpaired) electrons. The van der Waals surface area contributed by atoms with Gasteiger partial charge in [0.15, 0.2) is 5.82 Å². The number of halogens is 2. The van der Waals surface area contributed by atoms with Crippen LogP contribution in [0, 0.1) is 0 Å². The predicted octanol–water partition coefficient (Wildman–Crippen LogP) is 2.30. The first kappa shape index (κ1) is 12.7. The van der Waals surface area contributed by atoms with Gasteiger partial charge in [-0.25, -0.2) is 0 Å². The van der Waals surface area contributed by atoms with Crippen LogP contribution in [-0.2, 0) is 6.54 Å². The molecule has 2 rings (SSSR count). The van der Waals surface area contributed by atoms with Gasteiger partial charge in [0.05, 0.1) is 12.2 Å². The molecule has 0 saturated heterocycles. The molecule has 1 aromatic heterocycles. The molecule has 0 saturated carbocycles. The van der Waals surface area contributed by atoms with Crippen LogP contribution in [0.2, 0.25) is 0 Å². The third-order valence-corrected chi connectivity index (χ3v) is 3.50. The van der Waals surface area contributed by atoms with Crippen molar-refractivity contribution in [3.63, 3.8) is 0 Å². The second kappa shape index (κ2) is 5.70. The lowest BCUT2D eigenvalue weighted by Gasteiger charge is -2.08. The summed E-state index contributed by atoms with van der Waals surface area (Å²) >= 11 is 7.01.